The second-order valence-electron chi connectivity index (χ2n) is 5.47. The second-order valence-corrected chi connectivity index (χ2v) is 5.88. The van der Waals surface area contributed by atoms with E-state index in [1.54, 1.807) is 0 Å². The van der Waals surface area contributed by atoms with E-state index in [0.717, 1.165) is 42.6 Å². The Kier molecular flexibility index (Phi) is 3.93. The molecule has 3 nitrogen and oxygen atoms in total. The molecule has 0 bridgehead atoms. The second kappa shape index (κ2) is 5.86. The van der Waals surface area contributed by atoms with Crippen molar-refractivity contribution in [3.8, 4) is 0 Å². The molecule has 0 amide bonds. The molecule has 4 heteroatoms. The van der Waals surface area contributed by atoms with Gasteiger partial charge in [0, 0.05) is 37.6 Å². The van der Waals surface area contributed by atoms with Crippen molar-refractivity contribution in [1.29, 1.82) is 0 Å². The molecule has 3 rings (SSSR count). The third-order valence-electron chi connectivity index (χ3n) is 4.03. The highest BCUT2D eigenvalue weighted by Gasteiger charge is 2.19. The number of aryl methyl sites for hydroxylation is 1. The van der Waals surface area contributed by atoms with Crippen molar-refractivity contribution < 1.29 is 0 Å². The molecule has 0 aromatic heterocycles. The summed E-state index contributed by atoms with van der Waals surface area (Å²) in [6, 6.07) is 14.2. The lowest BCUT2D eigenvalue weighted by molar-refractivity contribution is 0.652. The van der Waals surface area contributed by atoms with Gasteiger partial charge >= 0.3 is 0 Å². The van der Waals surface area contributed by atoms with Gasteiger partial charge in [0.25, 0.3) is 0 Å². The third-order valence-corrected chi connectivity index (χ3v) is 4.35. The van der Waals surface area contributed by atoms with Crippen LogP contribution in [0.4, 0.5) is 17.1 Å². The summed E-state index contributed by atoms with van der Waals surface area (Å²) in [6.45, 7) is 6.07. The fourth-order valence-electron chi connectivity index (χ4n) is 2.93. The Morgan fingerprint density at radius 2 is 1.52 bits per heavy atom. The SMILES string of the molecule is Cc1cc(N)ccc1N1CCN(c2ccccc2Cl)CC1. The molecule has 0 radical (unpaired) electrons. The van der Waals surface area contributed by atoms with Crippen LogP contribution in [0.5, 0.6) is 0 Å². The van der Waals surface area contributed by atoms with Gasteiger partial charge in [-0.2, -0.15) is 0 Å². The molecule has 1 fully saturated rings. The first-order valence-electron chi connectivity index (χ1n) is 7.26. The van der Waals surface area contributed by atoms with Crippen molar-refractivity contribution in [3.63, 3.8) is 0 Å². The fraction of sp³-hybridized carbons (Fsp3) is 0.294. The molecule has 1 aliphatic rings. The molecular weight excluding hydrogens is 282 g/mol. The lowest BCUT2D eigenvalue weighted by Gasteiger charge is -2.38. The number of halogens is 1. The van der Waals surface area contributed by atoms with E-state index in [9.17, 15) is 0 Å². The Bertz CT molecular complexity index is 634. The molecule has 2 N–H and O–H groups in total. The quantitative estimate of drug-likeness (QED) is 0.861. The summed E-state index contributed by atoms with van der Waals surface area (Å²) in [5, 5.41) is 0.828. The Hall–Kier alpha value is -1.87. The van der Waals surface area contributed by atoms with Crippen LogP contribution in [0.3, 0.4) is 0 Å². The lowest BCUT2D eigenvalue weighted by Crippen LogP contribution is -2.46. The molecule has 2 aromatic carbocycles. The number of nitrogen functional groups attached to an aromatic ring is 1. The van der Waals surface area contributed by atoms with Gasteiger partial charge in [0.2, 0.25) is 0 Å². The monoisotopic (exact) mass is 301 g/mol. The van der Waals surface area contributed by atoms with E-state index in [0.29, 0.717) is 0 Å². The molecule has 1 saturated heterocycles. The zero-order valence-electron chi connectivity index (χ0n) is 12.2. The van der Waals surface area contributed by atoms with Gasteiger partial charge in [-0.1, -0.05) is 23.7 Å². The molecule has 0 atom stereocenters. The molecule has 0 aliphatic carbocycles. The number of hydrogen-bond donors (Lipinski definition) is 1. The topological polar surface area (TPSA) is 32.5 Å². The number of nitrogens with zero attached hydrogens (tertiary/aromatic N) is 2. The Balaban J connectivity index is 1.72. The third kappa shape index (κ3) is 2.93. The number of nitrogens with two attached hydrogens (primary N) is 1. The number of anilines is 3. The fourth-order valence-corrected chi connectivity index (χ4v) is 3.19. The highest BCUT2D eigenvalue weighted by Crippen LogP contribution is 2.28. The average Bonchev–Trinajstić information content (AvgIpc) is 2.48. The lowest BCUT2D eigenvalue weighted by atomic mass is 10.1. The van der Waals surface area contributed by atoms with Crippen LogP contribution < -0.4 is 15.5 Å². The highest BCUT2D eigenvalue weighted by atomic mass is 35.5. The summed E-state index contributed by atoms with van der Waals surface area (Å²) in [5.41, 5.74) is 10.3. The molecule has 2 aromatic rings. The van der Waals surface area contributed by atoms with Crippen LogP contribution in [0, 0.1) is 6.92 Å². The average molecular weight is 302 g/mol. The molecule has 0 spiro atoms. The van der Waals surface area contributed by atoms with Crippen molar-refractivity contribution >= 4 is 28.7 Å². The predicted molar refractivity (Wildman–Crippen MR) is 91.5 cm³/mol. The Morgan fingerprint density at radius 3 is 2.14 bits per heavy atom. The van der Waals surface area contributed by atoms with Crippen LogP contribution in [0.2, 0.25) is 5.02 Å². The minimum Gasteiger partial charge on any atom is -0.399 e. The first-order chi connectivity index (χ1) is 10.1. The van der Waals surface area contributed by atoms with Crippen LogP contribution in [0.15, 0.2) is 42.5 Å². The van der Waals surface area contributed by atoms with Gasteiger partial charge in [0.15, 0.2) is 0 Å². The first kappa shape index (κ1) is 14.1. The van der Waals surface area contributed by atoms with Crippen LogP contribution in [-0.2, 0) is 0 Å². The van der Waals surface area contributed by atoms with Gasteiger partial charge in [-0.05, 0) is 42.8 Å². The molecule has 0 unspecified atom stereocenters. The Labute approximate surface area is 130 Å². The van der Waals surface area contributed by atoms with Crippen molar-refractivity contribution in [1.82, 2.24) is 0 Å². The largest absolute Gasteiger partial charge is 0.399 e. The minimum absolute atomic E-state index is 0.825. The van der Waals surface area contributed by atoms with E-state index in [4.69, 9.17) is 17.3 Å². The molecule has 0 saturated carbocycles. The van der Waals surface area contributed by atoms with Gasteiger partial charge in [-0.25, -0.2) is 0 Å². The summed E-state index contributed by atoms with van der Waals surface area (Å²) in [6.07, 6.45) is 0. The summed E-state index contributed by atoms with van der Waals surface area (Å²) in [7, 11) is 0. The van der Waals surface area contributed by atoms with Crippen molar-refractivity contribution in [3.05, 3.63) is 53.1 Å². The van der Waals surface area contributed by atoms with E-state index in [1.165, 1.54) is 11.3 Å². The number of benzene rings is 2. The van der Waals surface area contributed by atoms with E-state index < -0.39 is 0 Å². The molecule has 1 heterocycles. The number of rotatable bonds is 2. The maximum atomic E-state index is 6.28. The molecule has 21 heavy (non-hydrogen) atoms. The number of para-hydroxylation sites is 1. The van der Waals surface area contributed by atoms with E-state index in [2.05, 4.69) is 28.9 Å². The van der Waals surface area contributed by atoms with Crippen molar-refractivity contribution in [2.45, 2.75) is 6.92 Å². The summed E-state index contributed by atoms with van der Waals surface area (Å²) in [5.74, 6) is 0. The Morgan fingerprint density at radius 1 is 0.905 bits per heavy atom. The summed E-state index contributed by atoms with van der Waals surface area (Å²) < 4.78 is 0. The standard InChI is InChI=1S/C17H20ClN3/c1-13-12-14(19)6-7-16(13)20-8-10-21(11-9-20)17-5-3-2-4-15(17)18/h2-7,12H,8-11,19H2,1H3. The molecule has 110 valence electrons. The van der Waals surface area contributed by atoms with E-state index in [1.807, 2.05) is 30.3 Å². The van der Waals surface area contributed by atoms with Crippen molar-refractivity contribution in [2.75, 3.05) is 41.7 Å². The molecular formula is C17H20ClN3. The predicted octanol–water partition coefficient (Wildman–Crippen LogP) is 3.56. The normalized spacial score (nSPS) is 15.3. The van der Waals surface area contributed by atoms with Crippen LogP contribution in [0.1, 0.15) is 5.56 Å². The van der Waals surface area contributed by atoms with Crippen LogP contribution in [-0.4, -0.2) is 26.2 Å². The van der Waals surface area contributed by atoms with Crippen molar-refractivity contribution in [2.24, 2.45) is 0 Å². The van der Waals surface area contributed by atoms with Gasteiger partial charge in [0.1, 0.15) is 0 Å². The maximum Gasteiger partial charge on any atom is 0.0639 e. The van der Waals surface area contributed by atoms with E-state index >= 15 is 0 Å². The van der Waals surface area contributed by atoms with Gasteiger partial charge in [0.05, 0.1) is 10.7 Å². The minimum atomic E-state index is 0.825. The van der Waals surface area contributed by atoms with E-state index in [-0.39, 0.29) is 0 Å². The van der Waals surface area contributed by atoms with Gasteiger partial charge < -0.3 is 15.5 Å². The highest BCUT2D eigenvalue weighted by molar-refractivity contribution is 6.33. The zero-order chi connectivity index (χ0) is 14.8. The summed E-state index contributed by atoms with van der Waals surface area (Å²) in [4.78, 5) is 4.77. The first-order valence-corrected chi connectivity index (χ1v) is 7.63. The van der Waals surface area contributed by atoms with Gasteiger partial charge in [-0.15, -0.1) is 0 Å². The smallest absolute Gasteiger partial charge is 0.0639 e. The molecule has 1 aliphatic heterocycles. The van der Waals surface area contributed by atoms with Crippen LogP contribution in [0.25, 0.3) is 0 Å². The van der Waals surface area contributed by atoms with Gasteiger partial charge in [-0.3, -0.25) is 0 Å². The van der Waals surface area contributed by atoms with Crippen LogP contribution >= 0.6 is 11.6 Å². The maximum absolute atomic E-state index is 6.28. The number of hydrogen-bond acceptors (Lipinski definition) is 3. The number of piperazine rings is 1. The zero-order valence-corrected chi connectivity index (χ0v) is 13.0. The summed E-state index contributed by atoms with van der Waals surface area (Å²) >= 11 is 6.28.